The fourth-order valence-electron chi connectivity index (χ4n) is 3.01. The number of methoxy groups -OCH3 is 1. The number of hydrogen-bond donors (Lipinski definition) is 3. The number of esters is 1. The van der Waals surface area contributed by atoms with Crippen molar-refractivity contribution in [3.05, 3.63) is 56.3 Å². The number of rotatable bonds is 9. The molecule has 1 atom stereocenters. The number of dihydropyridines is 1. The Hall–Kier alpha value is -2.74. The fourth-order valence-corrected chi connectivity index (χ4v) is 4.15. The predicted octanol–water partition coefficient (Wildman–Crippen LogP) is 3.21. The highest BCUT2D eigenvalue weighted by atomic mass is 35.5. The van der Waals surface area contributed by atoms with Crippen molar-refractivity contribution in [3.8, 4) is 6.19 Å². The van der Waals surface area contributed by atoms with Crippen LogP contribution in [-0.4, -0.2) is 48.8 Å². The molecule has 12 heteroatoms. The van der Waals surface area contributed by atoms with Crippen molar-refractivity contribution in [2.45, 2.75) is 5.92 Å². The number of aliphatic carboxylic acids is 1. The summed E-state index contributed by atoms with van der Waals surface area (Å²) in [6, 6.07) is 4.60. The first-order valence-corrected chi connectivity index (χ1v) is 10.5. The molecular formula is C19H17Cl2FN4O4S. The van der Waals surface area contributed by atoms with E-state index in [1.165, 1.54) is 30.2 Å². The van der Waals surface area contributed by atoms with Crippen LogP contribution in [0, 0.1) is 11.5 Å². The number of thioether (sulfide) groups is 1. The maximum absolute atomic E-state index is 13.9. The van der Waals surface area contributed by atoms with E-state index < -0.39 is 24.5 Å². The highest BCUT2D eigenvalue weighted by Gasteiger charge is 2.40. The number of hydrogen-bond acceptors (Lipinski definition) is 7. The Labute approximate surface area is 191 Å². The number of carboxylic acids is 1. The lowest BCUT2D eigenvalue weighted by Crippen LogP contribution is -2.35. The second-order valence-corrected chi connectivity index (χ2v) is 7.74. The van der Waals surface area contributed by atoms with Crippen LogP contribution in [0.3, 0.4) is 0 Å². The van der Waals surface area contributed by atoms with E-state index in [4.69, 9.17) is 33.2 Å². The summed E-state index contributed by atoms with van der Waals surface area (Å²) in [6.45, 7) is -1.06. The molecule has 0 amide bonds. The molecule has 1 unspecified atom stereocenters. The number of benzene rings is 1. The molecule has 0 bridgehead atoms. The Morgan fingerprint density at radius 1 is 1.42 bits per heavy atom. The maximum atomic E-state index is 13.9. The van der Waals surface area contributed by atoms with Gasteiger partial charge in [0.2, 0.25) is 6.19 Å². The molecule has 0 spiro atoms. The van der Waals surface area contributed by atoms with Crippen LogP contribution >= 0.6 is 35.0 Å². The first-order chi connectivity index (χ1) is 14.9. The molecule has 1 aliphatic rings. The van der Waals surface area contributed by atoms with Crippen LogP contribution in [0.2, 0.25) is 10.0 Å². The van der Waals surface area contributed by atoms with Crippen molar-refractivity contribution in [1.82, 2.24) is 10.6 Å². The average molecular weight is 487 g/mol. The van der Waals surface area contributed by atoms with Gasteiger partial charge in [-0.05, 0) is 11.6 Å². The number of allylic oxidation sites excluding steroid dienone is 1. The van der Waals surface area contributed by atoms with E-state index >= 15 is 0 Å². The van der Waals surface area contributed by atoms with Gasteiger partial charge in [0.25, 0.3) is 0 Å². The molecule has 31 heavy (non-hydrogen) atoms. The summed E-state index contributed by atoms with van der Waals surface area (Å²) in [5.74, 6) is -2.98. The lowest BCUT2D eigenvalue weighted by atomic mass is 9.80. The van der Waals surface area contributed by atoms with E-state index in [2.05, 4.69) is 15.6 Å². The molecule has 2 rings (SSSR count). The number of carboxylic acid groups (broad SMARTS) is 1. The van der Waals surface area contributed by atoms with E-state index in [0.717, 1.165) is 7.11 Å². The third-order valence-electron chi connectivity index (χ3n) is 4.24. The summed E-state index contributed by atoms with van der Waals surface area (Å²) in [7, 11) is 1.12. The molecule has 8 nitrogen and oxygen atoms in total. The van der Waals surface area contributed by atoms with Crippen molar-refractivity contribution in [2.75, 3.05) is 25.4 Å². The lowest BCUT2D eigenvalue weighted by molar-refractivity contribution is -0.136. The molecular weight excluding hydrogens is 470 g/mol. The summed E-state index contributed by atoms with van der Waals surface area (Å²) in [4.78, 5) is 28.1. The SMILES string of the molecule is COC(=O)C1=C(CF)NC(CSCNC=NC#N)=C(C(=O)O)C1c1cccc(Cl)c1Cl. The average Bonchev–Trinajstić information content (AvgIpc) is 2.76. The highest BCUT2D eigenvalue weighted by molar-refractivity contribution is 7.99. The summed E-state index contributed by atoms with van der Waals surface area (Å²) < 4.78 is 18.7. The number of nitrogens with zero attached hydrogens (tertiary/aromatic N) is 2. The number of aliphatic imine (C=N–C) groups is 1. The maximum Gasteiger partial charge on any atom is 0.336 e. The topological polar surface area (TPSA) is 124 Å². The molecule has 1 aromatic carbocycles. The lowest BCUT2D eigenvalue weighted by Gasteiger charge is -2.31. The van der Waals surface area contributed by atoms with Crippen LogP contribution in [0.1, 0.15) is 11.5 Å². The van der Waals surface area contributed by atoms with E-state index in [0.29, 0.717) is 5.88 Å². The quantitative estimate of drug-likeness (QED) is 0.121. The molecule has 0 saturated heterocycles. The standard InChI is InChI=1S/C19H17Cl2FN4O4S/c1-30-19(29)16-12(5-22)26-13(6-31-9-25-8-24-7-23)15(18(27)28)14(16)10-3-2-4-11(20)17(10)21/h2-4,8,14,26H,5-6,9H2,1H3,(H,24,25)(H,27,28). The molecule has 0 fully saturated rings. The van der Waals surface area contributed by atoms with Gasteiger partial charge in [-0.15, -0.1) is 11.8 Å². The number of nitrogens with one attached hydrogen (secondary N) is 2. The van der Waals surface area contributed by atoms with Crippen LogP contribution in [0.4, 0.5) is 4.39 Å². The van der Waals surface area contributed by atoms with Gasteiger partial charge in [0, 0.05) is 11.4 Å². The fraction of sp³-hybridized carbons (Fsp3) is 0.263. The Bertz CT molecular complexity index is 1010. The smallest absolute Gasteiger partial charge is 0.336 e. The first-order valence-electron chi connectivity index (χ1n) is 8.63. The molecule has 0 saturated carbocycles. The molecule has 1 aromatic rings. The van der Waals surface area contributed by atoms with E-state index in [9.17, 15) is 19.1 Å². The van der Waals surface area contributed by atoms with E-state index in [1.807, 2.05) is 0 Å². The minimum atomic E-state index is -1.32. The molecule has 0 aromatic heterocycles. The van der Waals surface area contributed by atoms with Gasteiger partial charge in [0.05, 0.1) is 45.8 Å². The number of carbonyl (C=O) groups excluding carboxylic acids is 1. The van der Waals surface area contributed by atoms with Gasteiger partial charge < -0.3 is 20.5 Å². The number of nitriles is 1. The first kappa shape index (κ1) is 24.5. The Kier molecular flexibility index (Phi) is 9.18. The van der Waals surface area contributed by atoms with Crippen LogP contribution in [0.25, 0.3) is 0 Å². The Morgan fingerprint density at radius 2 is 2.16 bits per heavy atom. The molecule has 3 N–H and O–H groups in total. The Morgan fingerprint density at radius 3 is 2.77 bits per heavy atom. The zero-order valence-corrected chi connectivity index (χ0v) is 18.4. The van der Waals surface area contributed by atoms with Gasteiger partial charge in [0.1, 0.15) is 13.0 Å². The second kappa shape index (κ2) is 11.6. The zero-order chi connectivity index (χ0) is 23.0. The van der Waals surface area contributed by atoms with Gasteiger partial charge in [0.15, 0.2) is 0 Å². The molecule has 0 aliphatic carbocycles. The normalized spacial score (nSPS) is 16.2. The van der Waals surface area contributed by atoms with Crippen molar-refractivity contribution < 1.29 is 23.8 Å². The minimum Gasteiger partial charge on any atom is -0.478 e. The van der Waals surface area contributed by atoms with E-state index in [1.54, 1.807) is 12.3 Å². The van der Waals surface area contributed by atoms with Crippen LogP contribution in [0.5, 0.6) is 0 Å². The predicted molar refractivity (Wildman–Crippen MR) is 117 cm³/mol. The van der Waals surface area contributed by atoms with Gasteiger partial charge in [-0.3, -0.25) is 0 Å². The summed E-state index contributed by atoms with van der Waals surface area (Å²) >= 11 is 13.7. The summed E-state index contributed by atoms with van der Waals surface area (Å²) in [6.07, 6.45) is 2.78. The van der Waals surface area contributed by atoms with Crippen molar-refractivity contribution in [2.24, 2.45) is 4.99 Å². The van der Waals surface area contributed by atoms with Crippen LogP contribution in [-0.2, 0) is 14.3 Å². The number of carbonyl (C=O) groups is 2. The van der Waals surface area contributed by atoms with Crippen molar-refractivity contribution >= 4 is 53.2 Å². The summed E-state index contributed by atoms with van der Waals surface area (Å²) in [5.41, 5.74) is -0.0638. The third-order valence-corrected chi connectivity index (χ3v) is 5.93. The van der Waals surface area contributed by atoms with Gasteiger partial charge in [-0.1, -0.05) is 35.3 Å². The minimum absolute atomic E-state index is 0.0517. The monoisotopic (exact) mass is 486 g/mol. The number of halogens is 3. The summed E-state index contributed by atoms with van der Waals surface area (Å²) in [5, 5.41) is 24.0. The largest absolute Gasteiger partial charge is 0.478 e. The van der Waals surface area contributed by atoms with Gasteiger partial charge in [-0.25, -0.2) is 14.0 Å². The van der Waals surface area contributed by atoms with Crippen LogP contribution in [0.15, 0.2) is 45.7 Å². The van der Waals surface area contributed by atoms with Gasteiger partial charge in [-0.2, -0.15) is 10.3 Å². The zero-order valence-electron chi connectivity index (χ0n) is 16.1. The van der Waals surface area contributed by atoms with Crippen molar-refractivity contribution in [1.29, 1.82) is 5.26 Å². The molecule has 1 aliphatic heterocycles. The van der Waals surface area contributed by atoms with Crippen molar-refractivity contribution in [3.63, 3.8) is 0 Å². The third kappa shape index (κ3) is 5.70. The molecule has 164 valence electrons. The highest BCUT2D eigenvalue weighted by Crippen LogP contribution is 2.43. The van der Waals surface area contributed by atoms with E-state index in [-0.39, 0.29) is 43.9 Å². The number of ether oxygens (including phenoxy) is 1. The Balaban J connectivity index is 2.57. The van der Waals surface area contributed by atoms with Crippen LogP contribution < -0.4 is 10.6 Å². The molecule has 0 radical (unpaired) electrons. The van der Waals surface area contributed by atoms with Gasteiger partial charge >= 0.3 is 11.9 Å². The second-order valence-electron chi connectivity index (χ2n) is 5.97. The molecule has 1 heterocycles. The number of alkyl halides is 1.